The van der Waals surface area contributed by atoms with Gasteiger partial charge < -0.3 is 9.13 Å². The van der Waals surface area contributed by atoms with Crippen LogP contribution < -0.4 is 5.19 Å². The first-order chi connectivity index (χ1) is 12.1. The molecule has 0 aliphatic rings. The maximum Gasteiger partial charge on any atom is 0.239 e. The van der Waals surface area contributed by atoms with E-state index in [0.717, 1.165) is 0 Å². The average molecular weight is 361 g/mol. The molecule has 1 rings (SSSR count). The fourth-order valence-electron chi connectivity index (χ4n) is 4.15. The number of rotatable bonds is 13. The van der Waals surface area contributed by atoms with Gasteiger partial charge in [-0.2, -0.15) is 0 Å². The van der Waals surface area contributed by atoms with Crippen LogP contribution in [0.1, 0.15) is 65.9 Å². The zero-order valence-corrected chi connectivity index (χ0v) is 18.4. The molecule has 25 heavy (non-hydrogen) atoms. The van der Waals surface area contributed by atoms with Crippen molar-refractivity contribution in [3.8, 4) is 0 Å². The number of nitrogens with zero attached hydrogens (tertiary/aromatic N) is 2. The third-order valence-corrected chi connectivity index (χ3v) is 10.4. The zero-order chi connectivity index (χ0) is 18.7. The van der Waals surface area contributed by atoms with E-state index in [1.54, 1.807) is 5.19 Å². The number of hydrogen-bond donors (Lipinski definition) is 0. The molecule has 0 bridgehead atoms. The Balaban J connectivity index is 3.48. The molecule has 142 valence electrons. The summed E-state index contributed by atoms with van der Waals surface area (Å²) in [5.41, 5.74) is 1.22. The molecule has 0 N–H and O–H groups in total. The molecule has 0 amide bonds. The second kappa shape index (κ2) is 11.7. The summed E-state index contributed by atoms with van der Waals surface area (Å²) in [6.07, 6.45) is 6.86. The van der Waals surface area contributed by atoms with Crippen molar-refractivity contribution in [2.24, 2.45) is 0 Å². The molecule has 0 aliphatic heterocycles. The summed E-state index contributed by atoms with van der Waals surface area (Å²) >= 11 is 0. The van der Waals surface area contributed by atoms with E-state index in [4.69, 9.17) is 0 Å². The van der Waals surface area contributed by atoms with Gasteiger partial charge in [-0.25, -0.2) is 0 Å². The molecular formula is C22H40N2Si. The first-order valence-electron chi connectivity index (χ1n) is 10.4. The van der Waals surface area contributed by atoms with Crippen LogP contribution in [0.5, 0.6) is 0 Å². The molecule has 1 aromatic carbocycles. The van der Waals surface area contributed by atoms with Gasteiger partial charge >= 0.3 is 0 Å². The summed E-state index contributed by atoms with van der Waals surface area (Å²) in [5.74, 6) is 0. The van der Waals surface area contributed by atoms with E-state index in [2.05, 4.69) is 74.6 Å². The van der Waals surface area contributed by atoms with Gasteiger partial charge in [-0.3, -0.25) is 0 Å². The van der Waals surface area contributed by atoms with Crippen LogP contribution >= 0.6 is 0 Å². The fraction of sp³-hybridized carbons (Fsp3) is 0.636. The highest BCUT2D eigenvalue weighted by Crippen LogP contribution is 2.23. The van der Waals surface area contributed by atoms with Crippen LogP contribution in [-0.4, -0.2) is 43.7 Å². The molecule has 3 heteroatoms. The van der Waals surface area contributed by atoms with Crippen molar-refractivity contribution >= 4 is 19.7 Å². The summed E-state index contributed by atoms with van der Waals surface area (Å²) in [6.45, 7) is 20.5. The Morgan fingerprint density at radius 1 is 0.760 bits per heavy atom. The van der Waals surface area contributed by atoms with Crippen molar-refractivity contribution in [2.75, 3.05) is 26.2 Å². The van der Waals surface area contributed by atoms with Gasteiger partial charge in [-0.05, 0) is 68.7 Å². The molecule has 0 saturated carbocycles. The Morgan fingerprint density at radius 3 is 1.44 bits per heavy atom. The molecule has 0 atom stereocenters. The highest BCUT2D eigenvalue weighted by molar-refractivity contribution is 6.87. The van der Waals surface area contributed by atoms with Crippen LogP contribution in [-0.2, 0) is 0 Å². The monoisotopic (exact) mass is 360 g/mol. The summed E-state index contributed by atoms with van der Waals surface area (Å²) in [4.78, 5) is 0. The molecule has 0 unspecified atom stereocenters. The lowest BCUT2D eigenvalue weighted by atomic mass is 10.2. The Kier molecular flexibility index (Phi) is 10.3. The molecule has 0 fully saturated rings. The van der Waals surface area contributed by atoms with Gasteiger partial charge in [0, 0.05) is 0 Å². The van der Waals surface area contributed by atoms with E-state index in [9.17, 15) is 0 Å². The summed E-state index contributed by atoms with van der Waals surface area (Å²) in [6, 6.07) is 10.5. The third-order valence-electron chi connectivity index (χ3n) is 5.12. The Bertz CT molecular complexity index is 455. The molecule has 0 radical (unpaired) electrons. The zero-order valence-electron chi connectivity index (χ0n) is 17.4. The Hall–Kier alpha value is -0.903. The van der Waals surface area contributed by atoms with Crippen LogP contribution in [0, 0.1) is 0 Å². The average Bonchev–Trinajstić information content (AvgIpc) is 2.64. The van der Waals surface area contributed by atoms with Crippen LogP contribution in [0.4, 0.5) is 0 Å². The molecule has 2 nitrogen and oxygen atoms in total. The first-order valence-corrected chi connectivity index (χ1v) is 12.5. The summed E-state index contributed by atoms with van der Waals surface area (Å²) in [5, 5.41) is 1.57. The third kappa shape index (κ3) is 5.29. The Morgan fingerprint density at radius 2 is 1.16 bits per heavy atom. The predicted octanol–water partition coefficient (Wildman–Crippen LogP) is 5.24. The van der Waals surface area contributed by atoms with Crippen molar-refractivity contribution in [3.63, 3.8) is 0 Å². The quantitative estimate of drug-likeness (QED) is 0.444. The molecule has 1 aromatic rings. The van der Waals surface area contributed by atoms with Gasteiger partial charge in [0.2, 0.25) is 8.40 Å². The first kappa shape index (κ1) is 22.1. The van der Waals surface area contributed by atoms with Crippen molar-refractivity contribution in [2.45, 2.75) is 66.3 Å². The largest absolute Gasteiger partial charge is 0.308 e. The van der Waals surface area contributed by atoms with E-state index in [1.165, 1.54) is 63.5 Å². The van der Waals surface area contributed by atoms with E-state index in [1.807, 2.05) is 6.08 Å². The highest BCUT2D eigenvalue weighted by atomic mass is 28.3. The molecule has 0 saturated heterocycles. The fourth-order valence-corrected chi connectivity index (χ4v) is 9.65. The maximum absolute atomic E-state index is 3.92. The lowest BCUT2D eigenvalue weighted by Crippen LogP contribution is -2.73. The topological polar surface area (TPSA) is 6.48 Å². The van der Waals surface area contributed by atoms with Crippen molar-refractivity contribution in [1.82, 2.24) is 9.13 Å². The number of hydrogen-bond acceptors (Lipinski definition) is 2. The van der Waals surface area contributed by atoms with Crippen LogP contribution in [0.3, 0.4) is 0 Å². The van der Waals surface area contributed by atoms with Gasteiger partial charge in [0.25, 0.3) is 0 Å². The van der Waals surface area contributed by atoms with Crippen LogP contribution in [0.2, 0.25) is 6.04 Å². The normalized spacial score (nSPS) is 12.1. The van der Waals surface area contributed by atoms with Gasteiger partial charge in [0.1, 0.15) is 0 Å². The van der Waals surface area contributed by atoms with Gasteiger partial charge in [0.15, 0.2) is 0 Å². The van der Waals surface area contributed by atoms with Gasteiger partial charge in [-0.1, -0.05) is 71.5 Å². The standard InChI is InChI=1S/C22H40N2Si/c1-7-17-23(18-8-2)25(12-6,24(19-9-3)20-10-4)22-15-13-21(11-5)14-16-22/h11,13-16H,5,7-10,12,17-20H2,1-4,6H3. The SMILES string of the molecule is C=Cc1ccc([Si](CC)(N(CCC)CCC)N(CCC)CCC)cc1. The van der Waals surface area contributed by atoms with Crippen molar-refractivity contribution in [3.05, 3.63) is 36.4 Å². The summed E-state index contributed by atoms with van der Waals surface area (Å²) < 4.78 is 5.75. The highest BCUT2D eigenvalue weighted by Gasteiger charge is 2.44. The number of benzene rings is 1. The molecule has 0 spiro atoms. The van der Waals surface area contributed by atoms with E-state index >= 15 is 0 Å². The lowest BCUT2D eigenvalue weighted by Gasteiger charge is -2.49. The maximum atomic E-state index is 3.92. The van der Waals surface area contributed by atoms with Gasteiger partial charge in [-0.15, -0.1) is 0 Å². The lowest BCUT2D eigenvalue weighted by molar-refractivity contribution is 0.324. The molecule has 0 aliphatic carbocycles. The second-order valence-corrected chi connectivity index (χ2v) is 11.2. The van der Waals surface area contributed by atoms with E-state index in [0.29, 0.717) is 0 Å². The molecule has 0 aromatic heterocycles. The predicted molar refractivity (Wildman–Crippen MR) is 117 cm³/mol. The van der Waals surface area contributed by atoms with Crippen LogP contribution in [0.25, 0.3) is 6.08 Å². The Labute approximate surface area is 158 Å². The minimum atomic E-state index is -1.89. The molecule has 0 heterocycles. The van der Waals surface area contributed by atoms with E-state index in [-0.39, 0.29) is 0 Å². The smallest absolute Gasteiger partial charge is 0.239 e. The van der Waals surface area contributed by atoms with Crippen molar-refractivity contribution < 1.29 is 0 Å². The minimum Gasteiger partial charge on any atom is -0.308 e. The van der Waals surface area contributed by atoms with Crippen molar-refractivity contribution in [1.29, 1.82) is 0 Å². The van der Waals surface area contributed by atoms with Gasteiger partial charge in [0.05, 0.1) is 0 Å². The summed E-state index contributed by atoms with van der Waals surface area (Å²) in [7, 11) is -1.89. The van der Waals surface area contributed by atoms with E-state index < -0.39 is 8.40 Å². The minimum absolute atomic E-state index is 1.21. The van der Waals surface area contributed by atoms with Crippen LogP contribution in [0.15, 0.2) is 30.8 Å². The second-order valence-electron chi connectivity index (χ2n) is 6.97. The molecular weight excluding hydrogens is 320 g/mol.